The number of aromatic nitrogens is 4. The van der Waals surface area contributed by atoms with Crippen molar-refractivity contribution in [1.29, 1.82) is 0 Å². The molecule has 24 heavy (non-hydrogen) atoms. The molecule has 126 valence electrons. The van der Waals surface area contributed by atoms with Gasteiger partial charge in [-0.25, -0.2) is 4.68 Å². The van der Waals surface area contributed by atoms with Crippen molar-refractivity contribution >= 4 is 11.9 Å². The molecule has 0 bridgehead atoms. The topological polar surface area (TPSA) is 110 Å². The minimum atomic E-state index is -0.837. The molecule has 2 N–H and O–H groups in total. The summed E-state index contributed by atoms with van der Waals surface area (Å²) >= 11 is 0. The van der Waals surface area contributed by atoms with E-state index in [0.29, 0.717) is 18.4 Å². The lowest BCUT2D eigenvalue weighted by molar-refractivity contribution is -0.142. The first kappa shape index (κ1) is 16.1. The van der Waals surface area contributed by atoms with Gasteiger partial charge in [0.25, 0.3) is 5.91 Å². The molecule has 1 aromatic carbocycles. The number of carboxylic acid groups (broad SMARTS) is 1. The molecule has 1 aromatic heterocycles. The van der Waals surface area contributed by atoms with Crippen LogP contribution in [0.3, 0.4) is 0 Å². The third-order valence-corrected chi connectivity index (χ3v) is 4.39. The summed E-state index contributed by atoms with van der Waals surface area (Å²) in [7, 11) is 0. The summed E-state index contributed by atoms with van der Waals surface area (Å²) in [5.74, 6) is -1.61. The first-order valence-electron chi connectivity index (χ1n) is 8.02. The predicted octanol–water partition coefficient (Wildman–Crippen LogP) is 1.43. The first-order chi connectivity index (χ1) is 11.6. The Morgan fingerprint density at radius 2 is 1.88 bits per heavy atom. The Bertz CT molecular complexity index is 699. The van der Waals surface area contributed by atoms with Crippen molar-refractivity contribution in [3.63, 3.8) is 0 Å². The highest BCUT2D eigenvalue weighted by Gasteiger charge is 2.30. The van der Waals surface area contributed by atoms with Gasteiger partial charge in [-0.2, -0.15) is 0 Å². The minimum Gasteiger partial charge on any atom is -0.481 e. The molecule has 0 aliphatic heterocycles. The molecule has 1 saturated carbocycles. The van der Waals surface area contributed by atoms with Crippen LogP contribution in [0, 0.1) is 5.92 Å². The van der Waals surface area contributed by atoms with E-state index in [-0.39, 0.29) is 11.9 Å². The van der Waals surface area contributed by atoms with Gasteiger partial charge in [-0.15, -0.1) is 5.10 Å². The maximum absolute atomic E-state index is 12.4. The SMILES string of the molecule is O=C(N[C@H]1CCCCC[C@H]1C(=O)O)c1ccc(-n2cnnn2)cc1. The molecule has 8 heteroatoms. The fraction of sp³-hybridized carbons (Fsp3) is 0.438. The Labute approximate surface area is 138 Å². The van der Waals surface area contributed by atoms with Crippen LogP contribution in [0.2, 0.25) is 0 Å². The molecule has 0 radical (unpaired) electrons. The number of hydrogen-bond donors (Lipinski definition) is 2. The summed E-state index contributed by atoms with van der Waals surface area (Å²) in [6, 6.07) is 6.52. The van der Waals surface area contributed by atoms with Crippen molar-refractivity contribution in [1.82, 2.24) is 25.5 Å². The number of aliphatic carboxylic acids is 1. The molecular weight excluding hydrogens is 310 g/mol. The van der Waals surface area contributed by atoms with Crippen LogP contribution < -0.4 is 5.32 Å². The zero-order chi connectivity index (χ0) is 16.9. The highest BCUT2D eigenvalue weighted by atomic mass is 16.4. The fourth-order valence-corrected chi connectivity index (χ4v) is 3.07. The fourth-order valence-electron chi connectivity index (χ4n) is 3.07. The highest BCUT2D eigenvalue weighted by molar-refractivity contribution is 5.94. The molecule has 2 aromatic rings. The number of amides is 1. The minimum absolute atomic E-state index is 0.253. The van der Waals surface area contributed by atoms with Crippen molar-refractivity contribution in [3.8, 4) is 5.69 Å². The van der Waals surface area contributed by atoms with Gasteiger partial charge >= 0.3 is 5.97 Å². The largest absolute Gasteiger partial charge is 0.481 e. The van der Waals surface area contributed by atoms with Crippen LogP contribution in [-0.2, 0) is 4.79 Å². The van der Waals surface area contributed by atoms with E-state index >= 15 is 0 Å². The van der Waals surface area contributed by atoms with Crippen LogP contribution in [0.4, 0.5) is 0 Å². The van der Waals surface area contributed by atoms with Crippen molar-refractivity contribution in [2.45, 2.75) is 38.1 Å². The smallest absolute Gasteiger partial charge is 0.308 e. The van der Waals surface area contributed by atoms with Crippen LogP contribution in [0.5, 0.6) is 0 Å². The molecule has 0 saturated heterocycles. The molecule has 1 heterocycles. The van der Waals surface area contributed by atoms with Gasteiger partial charge in [-0.3, -0.25) is 9.59 Å². The number of rotatable bonds is 4. The summed E-state index contributed by atoms with van der Waals surface area (Å²) < 4.78 is 1.49. The molecule has 8 nitrogen and oxygen atoms in total. The van der Waals surface area contributed by atoms with Gasteiger partial charge < -0.3 is 10.4 Å². The first-order valence-corrected chi connectivity index (χ1v) is 8.02. The van der Waals surface area contributed by atoms with E-state index in [1.54, 1.807) is 24.3 Å². The third kappa shape index (κ3) is 3.58. The molecular formula is C16H19N5O3. The summed E-state index contributed by atoms with van der Waals surface area (Å²) in [6.45, 7) is 0. The van der Waals surface area contributed by atoms with Crippen LogP contribution in [0.1, 0.15) is 42.5 Å². The highest BCUT2D eigenvalue weighted by Crippen LogP contribution is 2.24. The molecule has 2 atom stereocenters. The van der Waals surface area contributed by atoms with Gasteiger partial charge in [0, 0.05) is 11.6 Å². The van der Waals surface area contributed by atoms with Crippen molar-refractivity contribution in [3.05, 3.63) is 36.2 Å². The zero-order valence-electron chi connectivity index (χ0n) is 13.1. The summed E-state index contributed by atoms with van der Waals surface area (Å²) in [5, 5.41) is 23.2. The Morgan fingerprint density at radius 1 is 1.12 bits per heavy atom. The molecule has 1 fully saturated rings. The van der Waals surface area contributed by atoms with E-state index in [2.05, 4.69) is 20.8 Å². The van der Waals surface area contributed by atoms with E-state index in [9.17, 15) is 14.7 Å². The number of nitrogens with one attached hydrogen (secondary N) is 1. The Kier molecular flexibility index (Phi) is 4.83. The van der Waals surface area contributed by atoms with Gasteiger partial charge in [-0.05, 0) is 47.5 Å². The normalized spacial score (nSPS) is 21.0. The van der Waals surface area contributed by atoms with Gasteiger partial charge in [0.05, 0.1) is 11.6 Å². The summed E-state index contributed by atoms with van der Waals surface area (Å²) in [6.07, 6.45) is 5.62. The maximum atomic E-state index is 12.4. The van der Waals surface area contributed by atoms with E-state index in [1.165, 1.54) is 11.0 Å². The number of carbonyl (C=O) groups excluding carboxylic acids is 1. The number of nitrogens with zero attached hydrogens (tertiary/aromatic N) is 4. The van der Waals surface area contributed by atoms with E-state index in [4.69, 9.17) is 0 Å². The molecule has 1 aliphatic rings. The lowest BCUT2D eigenvalue weighted by Crippen LogP contribution is -2.42. The lowest BCUT2D eigenvalue weighted by Gasteiger charge is -2.22. The zero-order valence-corrected chi connectivity index (χ0v) is 13.1. The number of carbonyl (C=O) groups is 2. The average molecular weight is 329 g/mol. The van der Waals surface area contributed by atoms with Crippen molar-refractivity contribution in [2.75, 3.05) is 0 Å². The van der Waals surface area contributed by atoms with Gasteiger partial charge in [0.1, 0.15) is 6.33 Å². The summed E-state index contributed by atoms with van der Waals surface area (Å²) in [4.78, 5) is 23.9. The quantitative estimate of drug-likeness (QED) is 0.821. The molecule has 3 rings (SSSR count). The number of benzene rings is 1. The number of tetrazole rings is 1. The molecule has 0 spiro atoms. The second-order valence-corrected chi connectivity index (χ2v) is 5.96. The second-order valence-electron chi connectivity index (χ2n) is 5.96. The van der Waals surface area contributed by atoms with Crippen LogP contribution in [0.25, 0.3) is 5.69 Å². The Balaban J connectivity index is 1.70. The Hall–Kier alpha value is -2.77. The molecule has 0 unspecified atom stereocenters. The predicted molar refractivity (Wildman–Crippen MR) is 84.6 cm³/mol. The number of hydrogen-bond acceptors (Lipinski definition) is 5. The van der Waals surface area contributed by atoms with E-state index in [0.717, 1.165) is 24.9 Å². The Morgan fingerprint density at radius 3 is 2.54 bits per heavy atom. The maximum Gasteiger partial charge on any atom is 0.308 e. The monoisotopic (exact) mass is 329 g/mol. The lowest BCUT2D eigenvalue weighted by atomic mass is 9.94. The third-order valence-electron chi connectivity index (χ3n) is 4.39. The molecule has 1 aliphatic carbocycles. The van der Waals surface area contributed by atoms with Gasteiger partial charge in [0.2, 0.25) is 0 Å². The van der Waals surface area contributed by atoms with Crippen molar-refractivity contribution in [2.24, 2.45) is 5.92 Å². The van der Waals surface area contributed by atoms with Crippen molar-refractivity contribution < 1.29 is 14.7 Å². The molecule has 1 amide bonds. The van der Waals surface area contributed by atoms with Crippen LogP contribution in [-0.4, -0.2) is 43.2 Å². The van der Waals surface area contributed by atoms with Gasteiger partial charge in [0.15, 0.2) is 0 Å². The van der Waals surface area contributed by atoms with Crippen LogP contribution in [0.15, 0.2) is 30.6 Å². The average Bonchev–Trinajstić information content (AvgIpc) is 3.02. The van der Waals surface area contributed by atoms with E-state index < -0.39 is 11.9 Å². The summed E-state index contributed by atoms with van der Waals surface area (Å²) in [5.41, 5.74) is 1.23. The standard InChI is InChI=1S/C16H19N5O3/c22-15(18-14-5-3-1-2-4-13(14)16(23)24)11-6-8-12(9-7-11)21-10-17-19-20-21/h6-10,13-14H,1-5H2,(H,18,22)(H,23,24)/t13-,14+/m1/s1. The van der Waals surface area contributed by atoms with E-state index in [1.807, 2.05) is 0 Å². The second kappa shape index (κ2) is 7.20. The van der Waals surface area contributed by atoms with Crippen LogP contribution >= 0.6 is 0 Å². The van der Waals surface area contributed by atoms with Gasteiger partial charge in [-0.1, -0.05) is 19.3 Å². The number of carboxylic acids is 1.